The molecule has 4 rings (SSSR count). The van der Waals surface area contributed by atoms with Gasteiger partial charge in [0.25, 0.3) is 0 Å². The third kappa shape index (κ3) is 3.40. The van der Waals surface area contributed by atoms with Gasteiger partial charge < -0.3 is 25.7 Å². The van der Waals surface area contributed by atoms with Gasteiger partial charge in [-0.05, 0) is 23.6 Å². The van der Waals surface area contributed by atoms with Gasteiger partial charge in [0.15, 0.2) is 5.16 Å². The van der Waals surface area contributed by atoms with Gasteiger partial charge in [0.2, 0.25) is 0 Å². The van der Waals surface area contributed by atoms with Crippen molar-refractivity contribution < 1.29 is 24.5 Å². The molecule has 0 spiro atoms. The average Bonchev–Trinajstić information content (AvgIpc) is 3.12. The Bertz CT molecular complexity index is 959. The number of aliphatic carboxylic acids is 2. The number of nitrogens with one attached hydrogen (secondary N) is 1. The van der Waals surface area contributed by atoms with E-state index in [2.05, 4.69) is 9.97 Å². The van der Waals surface area contributed by atoms with E-state index in [9.17, 15) is 19.8 Å². The molecule has 6 atom stereocenters. The highest BCUT2D eigenvalue weighted by molar-refractivity contribution is 7.99. The number of fused-ring (bicyclic) bond motifs is 1. The minimum absolute atomic E-state index is 0.0557. The highest BCUT2D eigenvalue weighted by Crippen LogP contribution is 2.65. The van der Waals surface area contributed by atoms with Crippen molar-refractivity contribution >= 4 is 46.9 Å². The number of hydrogen-bond acceptors (Lipinski definition) is 6. The van der Waals surface area contributed by atoms with Crippen molar-refractivity contribution in [2.75, 3.05) is 0 Å². The molecule has 0 saturated heterocycles. The lowest BCUT2D eigenvalue weighted by Gasteiger charge is -2.34. The first-order chi connectivity index (χ1) is 13.7. The monoisotopic (exact) mass is 457 g/mol. The number of halogens is 2. The van der Waals surface area contributed by atoms with Crippen LogP contribution in [0.25, 0.3) is 0 Å². The molecular formula is C18H17Cl2N3O5S. The fourth-order valence-electron chi connectivity index (χ4n) is 4.24. The molecule has 1 aromatic heterocycles. The molecule has 1 aromatic carbocycles. The van der Waals surface area contributed by atoms with Crippen molar-refractivity contribution in [3.05, 3.63) is 46.2 Å². The number of carboxylic acids is 2. The third-order valence-electron chi connectivity index (χ3n) is 5.57. The van der Waals surface area contributed by atoms with Crippen molar-refractivity contribution in [3.8, 4) is 0 Å². The number of carbonyl (C=O) groups is 2. The zero-order valence-electron chi connectivity index (χ0n) is 14.8. The molecule has 2 saturated carbocycles. The summed E-state index contributed by atoms with van der Waals surface area (Å²) >= 11 is 13.2. The topological polar surface area (TPSA) is 139 Å². The summed E-state index contributed by atoms with van der Waals surface area (Å²) in [5.74, 6) is -4.30. The maximum Gasteiger partial charge on any atom is 0.326 e. The number of hydrogen-bond donors (Lipinski definition) is 4. The second-order valence-corrected chi connectivity index (χ2v) is 9.14. The fraction of sp³-hybridized carbons (Fsp3) is 0.389. The molecule has 1 heterocycles. The summed E-state index contributed by atoms with van der Waals surface area (Å²) in [4.78, 5) is 30.9. The number of aromatic nitrogens is 2. The number of thioether (sulfide) groups is 1. The molecule has 2 aliphatic carbocycles. The largest absolute Gasteiger partial charge is 0.481 e. The summed E-state index contributed by atoms with van der Waals surface area (Å²) in [7, 11) is 0. The van der Waals surface area contributed by atoms with Crippen molar-refractivity contribution in [2.24, 2.45) is 23.5 Å². The number of imidazole rings is 1. The molecule has 2 fully saturated rings. The molecular weight excluding hydrogens is 441 g/mol. The van der Waals surface area contributed by atoms with Crippen LogP contribution in [0.15, 0.2) is 35.7 Å². The number of carboxylic acid groups (broad SMARTS) is 2. The molecule has 0 aliphatic heterocycles. The lowest BCUT2D eigenvalue weighted by molar-refractivity contribution is -0.152. The van der Waals surface area contributed by atoms with Crippen LogP contribution >= 0.6 is 35.0 Å². The predicted octanol–water partition coefficient (Wildman–Crippen LogP) is 2.51. The lowest BCUT2D eigenvalue weighted by atomic mass is 9.88. The molecule has 8 nitrogen and oxygen atoms in total. The van der Waals surface area contributed by atoms with Gasteiger partial charge in [-0.2, -0.15) is 0 Å². The Balaban J connectivity index is 1.63. The Labute approximate surface area is 179 Å². The first kappa shape index (κ1) is 20.5. The first-order valence-corrected chi connectivity index (χ1v) is 10.3. The Morgan fingerprint density at radius 3 is 2.66 bits per heavy atom. The normalized spacial score (nSPS) is 32.7. The number of ether oxygens (including phenoxy) is 1. The number of rotatable bonds is 7. The van der Waals surface area contributed by atoms with Gasteiger partial charge in [-0.3, -0.25) is 9.59 Å². The standard InChI is InChI=1S/C18H17Cl2N3O5S/c19-8-2-1-7(5-9(8)20)6-28-14-13(29-17-22-3-4-23-17)10-11(15(24)25)12(10)18(14,21)16(26)27/h1-5,10-14H,6,21H2,(H,22,23)(H,24,25)(H,26,27)/t10?,11?,12?,13-,14?,18+/m0/s1. The molecule has 2 aliphatic rings. The van der Waals surface area contributed by atoms with Crippen LogP contribution in [0.1, 0.15) is 5.56 Å². The van der Waals surface area contributed by atoms with Crippen LogP contribution in [0, 0.1) is 17.8 Å². The highest BCUT2D eigenvalue weighted by Gasteiger charge is 2.78. The number of benzene rings is 1. The predicted molar refractivity (Wildman–Crippen MR) is 106 cm³/mol. The number of H-pyrrole nitrogens is 1. The zero-order chi connectivity index (χ0) is 20.9. The van der Waals surface area contributed by atoms with Crippen molar-refractivity contribution in [2.45, 2.75) is 28.7 Å². The van der Waals surface area contributed by atoms with Crippen molar-refractivity contribution in [1.82, 2.24) is 9.97 Å². The summed E-state index contributed by atoms with van der Waals surface area (Å²) in [6, 6.07) is 4.97. The Morgan fingerprint density at radius 2 is 2.07 bits per heavy atom. The van der Waals surface area contributed by atoms with E-state index in [0.29, 0.717) is 20.8 Å². The van der Waals surface area contributed by atoms with Crippen molar-refractivity contribution in [3.63, 3.8) is 0 Å². The maximum absolute atomic E-state index is 12.1. The van der Waals surface area contributed by atoms with Crippen LogP contribution in [0.4, 0.5) is 0 Å². The van der Waals surface area contributed by atoms with E-state index in [0.717, 1.165) is 0 Å². The number of nitrogens with zero attached hydrogens (tertiary/aromatic N) is 1. The summed E-state index contributed by atoms with van der Waals surface area (Å²) in [5.41, 5.74) is 5.19. The second kappa shape index (κ2) is 7.48. The average molecular weight is 458 g/mol. The van der Waals surface area contributed by atoms with Crippen LogP contribution in [-0.4, -0.2) is 49.0 Å². The van der Waals surface area contributed by atoms with Crippen LogP contribution in [0.2, 0.25) is 10.0 Å². The quantitative estimate of drug-likeness (QED) is 0.497. The van der Waals surface area contributed by atoms with Gasteiger partial charge in [0.1, 0.15) is 5.54 Å². The molecule has 29 heavy (non-hydrogen) atoms. The summed E-state index contributed by atoms with van der Waals surface area (Å²) in [6.45, 7) is 0.0557. The van der Waals surface area contributed by atoms with Gasteiger partial charge in [0, 0.05) is 23.6 Å². The second-order valence-electron chi connectivity index (χ2n) is 7.16. The minimum Gasteiger partial charge on any atom is -0.481 e. The van der Waals surface area contributed by atoms with Gasteiger partial charge in [-0.1, -0.05) is 41.0 Å². The Morgan fingerprint density at radius 1 is 1.31 bits per heavy atom. The minimum atomic E-state index is -1.83. The van der Waals surface area contributed by atoms with Gasteiger partial charge in [-0.15, -0.1) is 0 Å². The number of nitrogens with two attached hydrogens (primary N) is 1. The van der Waals surface area contributed by atoms with Crippen LogP contribution in [0.3, 0.4) is 0 Å². The molecule has 5 N–H and O–H groups in total. The van der Waals surface area contributed by atoms with E-state index in [1.165, 1.54) is 11.8 Å². The van der Waals surface area contributed by atoms with E-state index in [-0.39, 0.29) is 6.61 Å². The summed E-state index contributed by atoms with van der Waals surface area (Å²) in [6.07, 6.45) is 2.28. The Hall–Kier alpha value is -1.78. The van der Waals surface area contributed by atoms with E-state index in [1.54, 1.807) is 30.6 Å². The summed E-state index contributed by atoms with van der Waals surface area (Å²) in [5, 5.41) is 20.2. The summed E-state index contributed by atoms with van der Waals surface area (Å²) < 4.78 is 5.99. The van der Waals surface area contributed by atoms with Crippen LogP contribution in [-0.2, 0) is 20.9 Å². The van der Waals surface area contributed by atoms with E-state index >= 15 is 0 Å². The first-order valence-electron chi connectivity index (χ1n) is 8.71. The SMILES string of the molecule is N[C@]1(C(=O)O)C2C(C(=O)O)C2[C@H](Sc2ncc[nH]2)C1OCc1ccc(Cl)c(Cl)c1. The van der Waals surface area contributed by atoms with Crippen LogP contribution in [0.5, 0.6) is 0 Å². The highest BCUT2D eigenvalue weighted by atomic mass is 35.5. The lowest BCUT2D eigenvalue weighted by Crippen LogP contribution is -2.61. The van der Waals surface area contributed by atoms with Crippen molar-refractivity contribution in [1.29, 1.82) is 0 Å². The molecule has 0 amide bonds. The molecule has 2 aromatic rings. The molecule has 0 radical (unpaired) electrons. The van der Waals surface area contributed by atoms with E-state index in [1.807, 2.05) is 0 Å². The molecule has 0 bridgehead atoms. The number of aromatic amines is 1. The van der Waals surface area contributed by atoms with Crippen LogP contribution < -0.4 is 5.73 Å². The van der Waals surface area contributed by atoms with Gasteiger partial charge in [0.05, 0.1) is 28.7 Å². The smallest absolute Gasteiger partial charge is 0.326 e. The maximum atomic E-state index is 12.1. The van der Waals surface area contributed by atoms with E-state index in [4.69, 9.17) is 33.7 Å². The van der Waals surface area contributed by atoms with Gasteiger partial charge in [-0.25, -0.2) is 4.98 Å². The third-order valence-corrected chi connectivity index (χ3v) is 7.58. The molecule has 11 heteroatoms. The Kier molecular flexibility index (Phi) is 5.28. The zero-order valence-corrected chi connectivity index (χ0v) is 17.1. The molecule has 154 valence electrons. The fourth-order valence-corrected chi connectivity index (χ4v) is 6.00. The molecule has 4 unspecified atom stereocenters. The van der Waals surface area contributed by atoms with Gasteiger partial charge >= 0.3 is 11.9 Å². The van der Waals surface area contributed by atoms with E-state index < -0.39 is 46.6 Å².